The Kier molecular flexibility index (Phi) is 7.38. The third-order valence-electron chi connectivity index (χ3n) is 3.54. The van der Waals surface area contributed by atoms with Gasteiger partial charge in [0.1, 0.15) is 6.61 Å². The predicted octanol–water partition coefficient (Wildman–Crippen LogP) is 5.81. The number of rotatable bonds is 8. The van der Waals surface area contributed by atoms with E-state index in [1.165, 1.54) is 12.1 Å². The highest BCUT2D eigenvalue weighted by Crippen LogP contribution is 2.36. The van der Waals surface area contributed by atoms with Gasteiger partial charge in [-0.3, -0.25) is 4.79 Å². The molecule has 2 N–H and O–H groups in total. The second-order valence-electron chi connectivity index (χ2n) is 5.53. The molecule has 0 bridgehead atoms. The summed E-state index contributed by atoms with van der Waals surface area (Å²) in [7, 11) is 0. The molecule has 2 aromatic carbocycles. The van der Waals surface area contributed by atoms with Crippen LogP contribution in [0.25, 0.3) is 0 Å². The zero-order valence-electron chi connectivity index (χ0n) is 13.9. The summed E-state index contributed by atoms with van der Waals surface area (Å²) in [5, 5.41) is 12.5. The molecular formula is C18H17Cl3FNO3. The summed E-state index contributed by atoms with van der Waals surface area (Å²) in [6.45, 7) is 2.29. The molecular weight excluding hydrogens is 404 g/mol. The molecule has 0 saturated heterocycles. The molecule has 0 fully saturated rings. The van der Waals surface area contributed by atoms with E-state index in [9.17, 15) is 9.18 Å². The molecule has 2 rings (SSSR count). The van der Waals surface area contributed by atoms with E-state index in [1.807, 2.05) is 6.92 Å². The van der Waals surface area contributed by atoms with Crippen molar-refractivity contribution >= 4 is 46.5 Å². The van der Waals surface area contributed by atoms with E-state index in [2.05, 4.69) is 5.32 Å². The van der Waals surface area contributed by atoms with Gasteiger partial charge in [0, 0.05) is 23.6 Å². The molecule has 8 heteroatoms. The van der Waals surface area contributed by atoms with E-state index in [1.54, 1.807) is 12.1 Å². The number of hydrogen-bond acceptors (Lipinski definition) is 3. The molecule has 0 saturated carbocycles. The van der Waals surface area contributed by atoms with Crippen LogP contribution in [0.1, 0.15) is 24.5 Å². The molecule has 0 radical (unpaired) electrons. The van der Waals surface area contributed by atoms with E-state index < -0.39 is 11.8 Å². The van der Waals surface area contributed by atoms with Crippen molar-refractivity contribution in [2.24, 2.45) is 0 Å². The van der Waals surface area contributed by atoms with Crippen LogP contribution in [0.15, 0.2) is 24.3 Å². The van der Waals surface area contributed by atoms with Crippen LogP contribution in [0.4, 0.5) is 10.1 Å². The van der Waals surface area contributed by atoms with Crippen molar-refractivity contribution in [2.75, 3.05) is 11.9 Å². The second-order valence-corrected chi connectivity index (χ2v) is 6.78. The second kappa shape index (κ2) is 9.31. The van der Waals surface area contributed by atoms with Gasteiger partial charge < -0.3 is 15.2 Å². The standard InChI is InChI=1S/C18H17Cl3FNO3/c1-2-23-15-8-12(19)7-11(17(15)22)9-26-18-13(20)5-10(6-14(18)21)3-4-16(24)25/h5-8,23H,2-4,9H2,1H3,(H,24,25). The normalized spacial score (nSPS) is 10.7. The monoisotopic (exact) mass is 419 g/mol. The summed E-state index contributed by atoms with van der Waals surface area (Å²) in [6, 6.07) is 6.15. The minimum absolute atomic E-state index is 0.0339. The molecule has 4 nitrogen and oxygen atoms in total. The highest BCUT2D eigenvalue weighted by atomic mass is 35.5. The smallest absolute Gasteiger partial charge is 0.303 e. The first-order chi connectivity index (χ1) is 12.3. The van der Waals surface area contributed by atoms with Gasteiger partial charge >= 0.3 is 5.97 Å². The summed E-state index contributed by atoms with van der Waals surface area (Å²) in [6.07, 6.45) is 0.262. The van der Waals surface area contributed by atoms with Crippen molar-refractivity contribution in [2.45, 2.75) is 26.4 Å². The van der Waals surface area contributed by atoms with Crippen molar-refractivity contribution in [3.8, 4) is 5.75 Å². The lowest BCUT2D eigenvalue weighted by Crippen LogP contribution is -2.05. The first kappa shape index (κ1) is 20.6. The van der Waals surface area contributed by atoms with Crippen LogP contribution in [-0.4, -0.2) is 17.6 Å². The summed E-state index contributed by atoms with van der Waals surface area (Å²) >= 11 is 18.4. The molecule has 0 atom stereocenters. The SMILES string of the molecule is CCNc1cc(Cl)cc(COc2c(Cl)cc(CCC(=O)O)cc2Cl)c1F. The van der Waals surface area contributed by atoms with Gasteiger partial charge in [0.25, 0.3) is 0 Å². The Morgan fingerprint density at radius 2 is 1.85 bits per heavy atom. The van der Waals surface area contributed by atoms with Gasteiger partial charge in [0.05, 0.1) is 15.7 Å². The number of benzene rings is 2. The van der Waals surface area contributed by atoms with E-state index >= 15 is 0 Å². The van der Waals surface area contributed by atoms with Crippen molar-refractivity contribution in [3.63, 3.8) is 0 Å². The number of ether oxygens (including phenoxy) is 1. The van der Waals surface area contributed by atoms with Crippen LogP contribution in [0.2, 0.25) is 15.1 Å². The van der Waals surface area contributed by atoms with E-state index in [0.29, 0.717) is 29.2 Å². The topological polar surface area (TPSA) is 58.6 Å². The number of aliphatic carboxylic acids is 1. The van der Waals surface area contributed by atoms with Gasteiger partial charge in [-0.05, 0) is 43.2 Å². The molecule has 0 aromatic heterocycles. The fourth-order valence-corrected chi connectivity index (χ4v) is 3.25. The number of aryl methyl sites for hydroxylation is 1. The highest BCUT2D eigenvalue weighted by molar-refractivity contribution is 6.37. The molecule has 26 heavy (non-hydrogen) atoms. The number of carbonyl (C=O) groups is 1. The summed E-state index contributed by atoms with van der Waals surface area (Å²) < 4.78 is 20.1. The molecule has 0 spiro atoms. The van der Waals surface area contributed by atoms with Gasteiger partial charge in [0.15, 0.2) is 11.6 Å². The van der Waals surface area contributed by atoms with E-state index in [4.69, 9.17) is 44.6 Å². The van der Waals surface area contributed by atoms with Crippen molar-refractivity contribution in [3.05, 3.63) is 56.3 Å². The average molecular weight is 421 g/mol. The lowest BCUT2D eigenvalue weighted by molar-refractivity contribution is -0.136. The third kappa shape index (κ3) is 5.40. The van der Waals surface area contributed by atoms with Crippen molar-refractivity contribution in [1.82, 2.24) is 0 Å². The molecule has 0 aliphatic rings. The number of carboxylic acids is 1. The van der Waals surface area contributed by atoms with Crippen LogP contribution in [0, 0.1) is 5.82 Å². The minimum atomic E-state index is -0.912. The lowest BCUT2D eigenvalue weighted by atomic mass is 10.1. The predicted molar refractivity (Wildman–Crippen MR) is 102 cm³/mol. The first-order valence-electron chi connectivity index (χ1n) is 7.86. The number of halogens is 4. The zero-order valence-corrected chi connectivity index (χ0v) is 16.2. The Morgan fingerprint density at radius 3 is 2.42 bits per heavy atom. The van der Waals surface area contributed by atoms with Crippen LogP contribution in [0.3, 0.4) is 0 Å². The molecule has 0 amide bonds. The summed E-state index contributed by atoms with van der Waals surface area (Å²) in [5.41, 5.74) is 1.23. The van der Waals surface area contributed by atoms with Crippen LogP contribution in [-0.2, 0) is 17.8 Å². The summed E-state index contributed by atoms with van der Waals surface area (Å²) in [5.74, 6) is -1.16. The number of carboxylic acid groups (broad SMARTS) is 1. The lowest BCUT2D eigenvalue weighted by Gasteiger charge is -2.14. The Morgan fingerprint density at radius 1 is 1.19 bits per heavy atom. The zero-order chi connectivity index (χ0) is 19.3. The quantitative estimate of drug-likeness (QED) is 0.565. The number of nitrogens with one attached hydrogen (secondary N) is 1. The Bertz CT molecular complexity index is 792. The Hall–Kier alpha value is -1.69. The molecule has 0 heterocycles. The molecule has 0 aliphatic carbocycles. The fraction of sp³-hybridized carbons (Fsp3) is 0.278. The van der Waals surface area contributed by atoms with Crippen molar-refractivity contribution in [1.29, 1.82) is 0 Å². The largest absolute Gasteiger partial charge is 0.486 e. The van der Waals surface area contributed by atoms with E-state index in [0.717, 1.165) is 0 Å². The maximum absolute atomic E-state index is 14.5. The maximum atomic E-state index is 14.5. The van der Waals surface area contributed by atoms with Gasteiger partial charge in [-0.1, -0.05) is 34.8 Å². The van der Waals surface area contributed by atoms with Gasteiger partial charge in [-0.15, -0.1) is 0 Å². The fourth-order valence-electron chi connectivity index (χ4n) is 2.37. The first-order valence-corrected chi connectivity index (χ1v) is 8.99. The van der Waals surface area contributed by atoms with Crippen molar-refractivity contribution < 1.29 is 19.0 Å². The summed E-state index contributed by atoms with van der Waals surface area (Å²) in [4.78, 5) is 10.7. The van der Waals surface area contributed by atoms with Gasteiger partial charge in [0.2, 0.25) is 0 Å². The average Bonchev–Trinajstić information content (AvgIpc) is 2.56. The van der Waals surface area contributed by atoms with Crippen LogP contribution < -0.4 is 10.1 Å². The third-order valence-corrected chi connectivity index (χ3v) is 4.32. The highest BCUT2D eigenvalue weighted by Gasteiger charge is 2.14. The molecule has 0 aliphatic heterocycles. The Labute approximate surface area is 165 Å². The molecule has 140 valence electrons. The number of anilines is 1. The van der Waals surface area contributed by atoms with Gasteiger partial charge in [-0.25, -0.2) is 4.39 Å². The Balaban J connectivity index is 2.18. The minimum Gasteiger partial charge on any atom is -0.486 e. The van der Waals surface area contributed by atoms with Crippen LogP contribution >= 0.6 is 34.8 Å². The molecule has 2 aromatic rings. The van der Waals surface area contributed by atoms with Crippen LogP contribution in [0.5, 0.6) is 5.75 Å². The maximum Gasteiger partial charge on any atom is 0.303 e. The molecule has 0 unspecified atom stereocenters. The van der Waals surface area contributed by atoms with Gasteiger partial charge in [-0.2, -0.15) is 0 Å². The number of hydrogen-bond donors (Lipinski definition) is 2. The van der Waals surface area contributed by atoms with E-state index in [-0.39, 0.29) is 34.4 Å².